The Kier molecular flexibility index (Phi) is 2.62. The second-order valence-corrected chi connectivity index (χ2v) is 4.84. The Hall–Kier alpha value is -1.90. The molecule has 0 bridgehead atoms. The number of rotatable bonds is 1. The maximum absolute atomic E-state index is 12.1. The fourth-order valence-corrected chi connectivity index (χ4v) is 2.53. The molecule has 2 rings (SSSR count). The first-order valence-corrected chi connectivity index (χ1v) is 5.50. The van der Waals surface area contributed by atoms with Crippen LogP contribution in [-0.2, 0) is 14.4 Å². The van der Waals surface area contributed by atoms with Crippen LogP contribution < -0.4 is 5.32 Å². The first-order chi connectivity index (χ1) is 7.97. The van der Waals surface area contributed by atoms with Gasteiger partial charge in [-0.3, -0.25) is 19.7 Å². The van der Waals surface area contributed by atoms with E-state index in [2.05, 4.69) is 5.32 Å². The van der Waals surface area contributed by atoms with Gasteiger partial charge in [-0.2, -0.15) is 5.26 Å². The number of amides is 3. The Bertz CT molecular complexity index is 416. The topological polar surface area (TPSA) is 90.3 Å². The predicted molar refractivity (Wildman–Crippen MR) is 56.2 cm³/mol. The zero-order valence-electron chi connectivity index (χ0n) is 9.52. The van der Waals surface area contributed by atoms with Gasteiger partial charge in [-0.05, 0) is 18.8 Å². The first kappa shape index (κ1) is 11.6. The lowest BCUT2D eigenvalue weighted by molar-refractivity contribution is -0.153. The van der Waals surface area contributed by atoms with Gasteiger partial charge in [-0.25, -0.2) is 0 Å². The highest BCUT2D eigenvalue weighted by Gasteiger charge is 2.51. The minimum absolute atomic E-state index is 0.137. The summed E-state index contributed by atoms with van der Waals surface area (Å²) in [5, 5.41) is 11.2. The minimum atomic E-state index is -1.02. The van der Waals surface area contributed by atoms with Gasteiger partial charge < -0.3 is 4.90 Å². The van der Waals surface area contributed by atoms with Crippen molar-refractivity contribution < 1.29 is 14.4 Å². The number of nitrogens with one attached hydrogen (secondary N) is 1. The highest BCUT2D eigenvalue weighted by Crippen LogP contribution is 2.46. The van der Waals surface area contributed by atoms with E-state index in [9.17, 15) is 14.4 Å². The van der Waals surface area contributed by atoms with E-state index in [1.54, 1.807) is 0 Å². The molecule has 0 atom stereocenters. The van der Waals surface area contributed by atoms with Crippen LogP contribution in [0.5, 0.6) is 0 Å². The SMILES string of the molecule is CC1CC(C#N)(C(=O)N2CC(=O)NC(=O)C2)C1. The fraction of sp³-hybridized carbons (Fsp3) is 0.636. The summed E-state index contributed by atoms with van der Waals surface area (Å²) in [6.45, 7) is 1.70. The molecule has 90 valence electrons. The Morgan fingerprint density at radius 3 is 2.35 bits per heavy atom. The van der Waals surface area contributed by atoms with Crippen LogP contribution in [0.3, 0.4) is 0 Å². The maximum atomic E-state index is 12.1. The van der Waals surface area contributed by atoms with Gasteiger partial charge in [0.1, 0.15) is 18.5 Å². The van der Waals surface area contributed by atoms with E-state index in [1.165, 1.54) is 4.90 Å². The van der Waals surface area contributed by atoms with Gasteiger partial charge in [0.05, 0.1) is 6.07 Å². The summed E-state index contributed by atoms with van der Waals surface area (Å²) in [5.41, 5.74) is -1.02. The van der Waals surface area contributed by atoms with Gasteiger partial charge in [0.15, 0.2) is 0 Å². The smallest absolute Gasteiger partial charge is 0.246 e. The van der Waals surface area contributed by atoms with E-state index in [1.807, 2.05) is 13.0 Å². The summed E-state index contributed by atoms with van der Waals surface area (Å²) < 4.78 is 0. The number of imide groups is 1. The number of nitriles is 1. The molecule has 6 heteroatoms. The maximum Gasteiger partial charge on any atom is 0.246 e. The summed E-state index contributed by atoms with van der Waals surface area (Å²) in [7, 11) is 0. The highest BCUT2D eigenvalue weighted by molar-refractivity contribution is 6.03. The molecule has 1 aliphatic heterocycles. The summed E-state index contributed by atoms with van der Waals surface area (Å²) in [6, 6.07) is 2.04. The van der Waals surface area contributed by atoms with Gasteiger partial charge >= 0.3 is 0 Å². The number of hydrogen-bond acceptors (Lipinski definition) is 4. The molecule has 0 spiro atoms. The van der Waals surface area contributed by atoms with Crippen molar-refractivity contribution in [3.63, 3.8) is 0 Å². The molecule has 1 N–H and O–H groups in total. The molecule has 6 nitrogen and oxygen atoms in total. The third-order valence-corrected chi connectivity index (χ3v) is 3.25. The second-order valence-electron chi connectivity index (χ2n) is 4.84. The van der Waals surface area contributed by atoms with Crippen LogP contribution in [0.2, 0.25) is 0 Å². The summed E-state index contributed by atoms with van der Waals surface area (Å²) in [5.74, 6) is -1.03. The second kappa shape index (κ2) is 3.84. The van der Waals surface area contributed by atoms with Gasteiger partial charge in [-0.1, -0.05) is 6.92 Å². The average Bonchev–Trinajstić information content (AvgIpc) is 2.22. The normalized spacial score (nSPS) is 32.5. The lowest BCUT2D eigenvalue weighted by Gasteiger charge is -2.42. The number of carbonyl (C=O) groups is 3. The quantitative estimate of drug-likeness (QED) is 0.615. The fourth-order valence-electron chi connectivity index (χ4n) is 2.53. The lowest BCUT2D eigenvalue weighted by atomic mass is 9.62. The largest absolute Gasteiger partial charge is 0.323 e. The molecule has 2 aliphatic rings. The molecule has 0 aromatic heterocycles. The van der Waals surface area contributed by atoms with E-state index in [0.29, 0.717) is 18.8 Å². The van der Waals surface area contributed by atoms with Gasteiger partial charge in [0.2, 0.25) is 17.7 Å². The molecule has 0 aromatic carbocycles. The van der Waals surface area contributed by atoms with Crippen molar-refractivity contribution in [3.8, 4) is 6.07 Å². The van der Waals surface area contributed by atoms with Crippen molar-refractivity contribution in [1.29, 1.82) is 5.26 Å². The summed E-state index contributed by atoms with van der Waals surface area (Å²) in [4.78, 5) is 35.6. The van der Waals surface area contributed by atoms with E-state index in [4.69, 9.17) is 5.26 Å². The molecular formula is C11H13N3O3. The molecule has 0 unspecified atom stereocenters. The molecular weight excluding hydrogens is 222 g/mol. The van der Waals surface area contributed by atoms with Crippen LogP contribution >= 0.6 is 0 Å². The molecule has 17 heavy (non-hydrogen) atoms. The van der Waals surface area contributed by atoms with Crippen LogP contribution in [0, 0.1) is 22.7 Å². The molecule has 2 fully saturated rings. The van der Waals surface area contributed by atoms with E-state index < -0.39 is 17.2 Å². The Morgan fingerprint density at radius 2 is 1.94 bits per heavy atom. The summed E-state index contributed by atoms with van der Waals surface area (Å²) >= 11 is 0. The molecule has 1 heterocycles. The standard InChI is InChI=1S/C11H13N3O3/c1-7-2-11(3-7,6-12)10(17)14-4-8(15)13-9(16)5-14/h7H,2-5H2,1H3,(H,13,15,16). The van der Waals surface area contributed by atoms with Crippen LogP contribution in [0.4, 0.5) is 0 Å². The summed E-state index contributed by atoms with van der Waals surface area (Å²) in [6.07, 6.45) is 1.02. The van der Waals surface area contributed by atoms with E-state index in [-0.39, 0.29) is 19.0 Å². The molecule has 3 amide bonds. The molecule has 1 saturated heterocycles. The number of piperazine rings is 1. The van der Waals surface area contributed by atoms with Crippen LogP contribution in [0.1, 0.15) is 19.8 Å². The Balaban J connectivity index is 2.12. The van der Waals surface area contributed by atoms with Crippen LogP contribution in [0.15, 0.2) is 0 Å². The average molecular weight is 235 g/mol. The molecule has 0 radical (unpaired) electrons. The first-order valence-electron chi connectivity index (χ1n) is 5.50. The number of hydrogen-bond donors (Lipinski definition) is 1. The molecule has 1 saturated carbocycles. The zero-order valence-corrected chi connectivity index (χ0v) is 9.52. The van der Waals surface area contributed by atoms with Crippen molar-refractivity contribution in [2.24, 2.45) is 11.3 Å². The third-order valence-electron chi connectivity index (χ3n) is 3.25. The van der Waals surface area contributed by atoms with Crippen molar-refractivity contribution in [1.82, 2.24) is 10.2 Å². The van der Waals surface area contributed by atoms with Crippen molar-refractivity contribution in [2.75, 3.05) is 13.1 Å². The van der Waals surface area contributed by atoms with Gasteiger partial charge in [0, 0.05) is 0 Å². The van der Waals surface area contributed by atoms with Crippen molar-refractivity contribution in [2.45, 2.75) is 19.8 Å². The van der Waals surface area contributed by atoms with Crippen LogP contribution in [-0.4, -0.2) is 35.7 Å². The number of carbonyl (C=O) groups excluding carboxylic acids is 3. The van der Waals surface area contributed by atoms with E-state index >= 15 is 0 Å². The Labute approximate surface area is 98.6 Å². The van der Waals surface area contributed by atoms with Crippen molar-refractivity contribution in [3.05, 3.63) is 0 Å². The minimum Gasteiger partial charge on any atom is -0.323 e. The van der Waals surface area contributed by atoms with Crippen molar-refractivity contribution >= 4 is 17.7 Å². The van der Waals surface area contributed by atoms with Gasteiger partial charge in [0.25, 0.3) is 0 Å². The molecule has 1 aliphatic carbocycles. The monoisotopic (exact) mass is 235 g/mol. The number of nitrogens with zero attached hydrogens (tertiary/aromatic N) is 2. The third kappa shape index (κ3) is 1.88. The zero-order chi connectivity index (χ0) is 12.6. The van der Waals surface area contributed by atoms with Crippen LogP contribution in [0.25, 0.3) is 0 Å². The molecule has 0 aromatic rings. The lowest BCUT2D eigenvalue weighted by Crippen LogP contribution is -2.58. The Morgan fingerprint density at radius 1 is 1.41 bits per heavy atom. The van der Waals surface area contributed by atoms with Gasteiger partial charge in [-0.15, -0.1) is 0 Å². The van der Waals surface area contributed by atoms with E-state index in [0.717, 1.165) is 0 Å². The highest BCUT2D eigenvalue weighted by atomic mass is 16.2. The predicted octanol–water partition coefficient (Wildman–Crippen LogP) is -0.589.